The van der Waals surface area contributed by atoms with Gasteiger partial charge in [0.15, 0.2) is 5.96 Å². The number of aromatic nitrogens is 2. The smallest absolute Gasteiger partial charge is 0.243 e. The minimum absolute atomic E-state index is 0. The topological polar surface area (TPSA) is 83.3 Å². The lowest BCUT2D eigenvalue weighted by atomic mass is 10.1. The molecule has 7 nitrogen and oxygen atoms in total. The van der Waals surface area contributed by atoms with E-state index in [1.165, 1.54) is 5.56 Å². The van der Waals surface area contributed by atoms with Crippen LogP contribution in [0.1, 0.15) is 29.4 Å². The first kappa shape index (κ1) is 22.9. The van der Waals surface area contributed by atoms with Crippen LogP contribution in [0, 0.1) is 13.8 Å². The summed E-state index contributed by atoms with van der Waals surface area (Å²) in [4.78, 5) is 16.3. The van der Waals surface area contributed by atoms with Crippen LogP contribution in [-0.4, -0.2) is 35.2 Å². The van der Waals surface area contributed by atoms with Gasteiger partial charge in [0.2, 0.25) is 5.91 Å². The number of guanidine groups is 1. The van der Waals surface area contributed by atoms with E-state index >= 15 is 0 Å². The van der Waals surface area contributed by atoms with E-state index in [1.807, 2.05) is 49.8 Å². The molecule has 1 amide bonds. The Balaban J connectivity index is 0.00000364. The van der Waals surface area contributed by atoms with Crippen LogP contribution >= 0.6 is 24.0 Å². The number of hydrogen-bond donors (Lipinski definition) is 3. The lowest BCUT2D eigenvalue weighted by molar-refractivity contribution is -0.115. The van der Waals surface area contributed by atoms with Crippen molar-refractivity contribution in [2.75, 3.05) is 18.9 Å². The molecule has 27 heavy (non-hydrogen) atoms. The van der Waals surface area contributed by atoms with Gasteiger partial charge in [-0.1, -0.05) is 19.1 Å². The van der Waals surface area contributed by atoms with Gasteiger partial charge in [-0.2, -0.15) is 5.10 Å². The Morgan fingerprint density at radius 2 is 2.00 bits per heavy atom. The summed E-state index contributed by atoms with van der Waals surface area (Å²) in [6, 6.07) is 7.86. The van der Waals surface area contributed by atoms with Crippen LogP contribution in [0.2, 0.25) is 0 Å². The fourth-order valence-corrected chi connectivity index (χ4v) is 2.70. The Bertz CT molecular complexity index is 799. The van der Waals surface area contributed by atoms with Crippen LogP contribution in [0.3, 0.4) is 0 Å². The van der Waals surface area contributed by atoms with E-state index in [2.05, 4.69) is 33.0 Å². The van der Waals surface area contributed by atoms with Gasteiger partial charge in [0.25, 0.3) is 0 Å². The number of halogens is 1. The molecule has 0 saturated heterocycles. The number of hydrogen-bond acceptors (Lipinski definition) is 3. The van der Waals surface area contributed by atoms with Crippen molar-refractivity contribution in [3.8, 4) is 0 Å². The van der Waals surface area contributed by atoms with Crippen LogP contribution in [0.15, 0.2) is 29.3 Å². The highest BCUT2D eigenvalue weighted by Gasteiger charge is 2.10. The molecule has 0 fully saturated rings. The van der Waals surface area contributed by atoms with Gasteiger partial charge in [0.05, 0.1) is 12.2 Å². The van der Waals surface area contributed by atoms with Gasteiger partial charge < -0.3 is 16.0 Å². The number of carbonyl (C=O) groups is 1. The molecule has 148 valence electrons. The molecule has 0 aliphatic heterocycles. The molecule has 8 heteroatoms. The summed E-state index contributed by atoms with van der Waals surface area (Å²) >= 11 is 0. The van der Waals surface area contributed by atoms with Gasteiger partial charge in [-0.3, -0.25) is 14.5 Å². The van der Waals surface area contributed by atoms with Gasteiger partial charge in [-0.15, -0.1) is 24.0 Å². The van der Waals surface area contributed by atoms with Gasteiger partial charge >= 0.3 is 0 Å². The molecule has 0 spiro atoms. The second-order valence-electron chi connectivity index (χ2n) is 6.15. The minimum Gasteiger partial charge on any atom is -0.352 e. The van der Waals surface area contributed by atoms with E-state index in [9.17, 15) is 4.79 Å². The standard InChI is InChI=1S/C19H28N6O.HI/c1-6-15-8-7-9-16(10-15)23-18(26)12-22-19(20-4)21-11-17-13(2)24-25(5)14(17)3;/h7-10H,6,11-12H2,1-5H3,(H,23,26)(H2,20,21,22);1H. The highest BCUT2D eigenvalue weighted by molar-refractivity contribution is 14.0. The van der Waals surface area contributed by atoms with Crippen molar-refractivity contribution >= 4 is 41.5 Å². The van der Waals surface area contributed by atoms with Crippen molar-refractivity contribution in [3.05, 3.63) is 46.8 Å². The number of rotatable bonds is 6. The Labute approximate surface area is 178 Å². The molecule has 0 saturated carbocycles. The van der Waals surface area contributed by atoms with E-state index < -0.39 is 0 Å². The quantitative estimate of drug-likeness (QED) is 0.335. The Hall–Kier alpha value is -2.10. The lowest BCUT2D eigenvalue weighted by Gasteiger charge is -2.12. The number of benzene rings is 1. The normalized spacial score (nSPS) is 10.9. The number of aliphatic imine (C=N–C) groups is 1. The zero-order valence-electron chi connectivity index (χ0n) is 16.6. The van der Waals surface area contributed by atoms with Crippen LogP contribution in [0.4, 0.5) is 5.69 Å². The molecule has 1 aromatic heterocycles. The molecule has 0 atom stereocenters. The largest absolute Gasteiger partial charge is 0.352 e. The van der Waals surface area contributed by atoms with Crippen LogP contribution in [-0.2, 0) is 24.8 Å². The maximum atomic E-state index is 12.1. The summed E-state index contributed by atoms with van der Waals surface area (Å²) in [5, 5.41) is 13.6. The van der Waals surface area contributed by atoms with E-state index in [1.54, 1.807) is 7.05 Å². The molecule has 3 N–H and O–H groups in total. The predicted octanol–water partition coefficient (Wildman–Crippen LogP) is 2.52. The molecule has 0 aliphatic rings. The minimum atomic E-state index is -0.116. The number of carbonyl (C=O) groups excluding carboxylic acids is 1. The van der Waals surface area contributed by atoms with Crippen molar-refractivity contribution in [2.24, 2.45) is 12.0 Å². The fraction of sp³-hybridized carbons (Fsp3) is 0.421. The molecule has 0 unspecified atom stereocenters. The van der Waals surface area contributed by atoms with E-state index in [0.717, 1.165) is 29.1 Å². The van der Waals surface area contributed by atoms with E-state index in [-0.39, 0.29) is 36.4 Å². The highest BCUT2D eigenvalue weighted by Crippen LogP contribution is 2.11. The first-order valence-electron chi connectivity index (χ1n) is 8.77. The second-order valence-corrected chi connectivity index (χ2v) is 6.15. The Morgan fingerprint density at radius 3 is 2.59 bits per heavy atom. The highest BCUT2D eigenvalue weighted by atomic mass is 127. The summed E-state index contributed by atoms with van der Waals surface area (Å²) in [7, 11) is 3.61. The third-order valence-electron chi connectivity index (χ3n) is 4.35. The number of nitrogens with zero attached hydrogens (tertiary/aromatic N) is 3. The summed E-state index contributed by atoms with van der Waals surface area (Å²) in [5.41, 5.74) is 5.23. The Morgan fingerprint density at radius 1 is 1.26 bits per heavy atom. The van der Waals surface area contributed by atoms with Crippen molar-refractivity contribution in [2.45, 2.75) is 33.7 Å². The van der Waals surface area contributed by atoms with Crippen LogP contribution in [0.5, 0.6) is 0 Å². The van der Waals surface area contributed by atoms with E-state index in [4.69, 9.17) is 0 Å². The molecule has 2 rings (SSSR count). The Kier molecular flexibility index (Phi) is 9.27. The molecule has 1 aromatic carbocycles. The monoisotopic (exact) mass is 484 g/mol. The van der Waals surface area contributed by atoms with Gasteiger partial charge in [0.1, 0.15) is 0 Å². The molecule has 1 heterocycles. The third kappa shape index (κ3) is 6.53. The molecule has 0 radical (unpaired) electrons. The molecule has 2 aromatic rings. The van der Waals surface area contributed by atoms with Crippen molar-refractivity contribution in [3.63, 3.8) is 0 Å². The molecular formula is C19H29IN6O. The van der Waals surface area contributed by atoms with Crippen molar-refractivity contribution < 1.29 is 4.79 Å². The molecule has 0 aliphatic carbocycles. The first-order chi connectivity index (χ1) is 12.4. The third-order valence-corrected chi connectivity index (χ3v) is 4.35. The zero-order chi connectivity index (χ0) is 19.1. The average Bonchev–Trinajstić information content (AvgIpc) is 2.87. The maximum absolute atomic E-state index is 12.1. The summed E-state index contributed by atoms with van der Waals surface area (Å²) in [6.07, 6.45) is 0.936. The van der Waals surface area contributed by atoms with E-state index in [0.29, 0.717) is 12.5 Å². The number of aryl methyl sites for hydroxylation is 3. The van der Waals surface area contributed by atoms with Gasteiger partial charge in [0, 0.05) is 37.6 Å². The van der Waals surface area contributed by atoms with Gasteiger partial charge in [-0.25, -0.2) is 0 Å². The zero-order valence-corrected chi connectivity index (χ0v) is 18.9. The fourth-order valence-electron chi connectivity index (χ4n) is 2.70. The number of anilines is 1. The summed E-state index contributed by atoms with van der Waals surface area (Å²) in [6.45, 7) is 6.85. The SMILES string of the molecule is CCc1cccc(NC(=O)CNC(=NC)NCc2c(C)nn(C)c2C)c1.I. The number of amides is 1. The summed E-state index contributed by atoms with van der Waals surface area (Å²) < 4.78 is 1.86. The maximum Gasteiger partial charge on any atom is 0.243 e. The number of nitrogens with one attached hydrogen (secondary N) is 3. The molecular weight excluding hydrogens is 455 g/mol. The lowest BCUT2D eigenvalue weighted by Crippen LogP contribution is -2.41. The van der Waals surface area contributed by atoms with Crippen molar-refractivity contribution in [1.29, 1.82) is 0 Å². The van der Waals surface area contributed by atoms with Crippen molar-refractivity contribution in [1.82, 2.24) is 20.4 Å². The first-order valence-corrected chi connectivity index (χ1v) is 8.77. The summed E-state index contributed by atoms with van der Waals surface area (Å²) in [5.74, 6) is 0.458. The molecule has 0 bridgehead atoms. The van der Waals surface area contributed by atoms with Crippen LogP contribution in [0.25, 0.3) is 0 Å². The van der Waals surface area contributed by atoms with Crippen LogP contribution < -0.4 is 16.0 Å². The predicted molar refractivity (Wildman–Crippen MR) is 121 cm³/mol. The second kappa shape index (κ2) is 10.9. The van der Waals surface area contributed by atoms with Gasteiger partial charge in [-0.05, 0) is 38.0 Å². The average molecular weight is 484 g/mol.